The zero-order valence-corrected chi connectivity index (χ0v) is 15.1. The summed E-state index contributed by atoms with van der Waals surface area (Å²) in [6.07, 6.45) is 0.982. The Hall–Kier alpha value is -2.34. The molecule has 25 heavy (non-hydrogen) atoms. The number of nitrogens with zero attached hydrogens (tertiary/aromatic N) is 3. The number of carbonyl (C=O) groups excluding carboxylic acids is 1. The van der Waals surface area contributed by atoms with Crippen molar-refractivity contribution in [2.24, 2.45) is 0 Å². The zero-order valence-electron chi connectivity index (χ0n) is 15.1. The standard InChI is InChI=1S/C19H26N4O2/c1-4-23(19(24)20-18-12-14(2)25-21-18)17-10-11-22(13-17)15(3)16-8-6-5-7-9-16/h5-9,12,15,17H,4,10-11,13H2,1-3H3,(H,20,21,24)/t15-,17+/m1/s1. The van der Waals surface area contributed by atoms with E-state index in [-0.39, 0.29) is 12.1 Å². The molecule has 1 fully saturated rings. The van der Waals surface area contributed by atoms with Gasteiger partial charge in [-0.1, -0.05) is 35.5 Å². The Kier molecular flexibility index (Phi) is 5.38. The van der Waals surface area contributed by atoms with Gasteiger partial charge in [0.25, 0.3) is 0 Å². The second-order valence-corrected chi connectivity index (χ2v) is 6.56. The molecule has 2 aromatic rings. The summed E-state index contributed by atoms with van der Waals surface area (Å²) in [6, 6.07) is 12.7. The van der Waals surface area contributed by atoms with Crippen LogP contribution >= 0.6 is 0 Å². The lowest BCUT2D eigenvalue weighted by atomic mass is 10.1. The van der Waals surface area contributed by atoms with Crippen LogP contribution in [-0.2, 0) is 0 Å². The first-order valence-electron chi connectivity index (χ1n) is 8.88. The number of likely N-dealkylation sites (tertiary alicyclic amines) is 1. The number of anilines is 1. The van der Waals surface area contributed by atoms with Gasteiger partial charge in [-0.2, -0.15) is 0 Å². The third-order valence-electron chi connectivity index (χ3n) is 4.93. The average molecular weight is 342 g/mol. The molecule has 134 valence electrons. The summed E-state index contributed by atoms with van der Waals surface area (Å²) >= 11 is 0. The molecule has 2 heterocycles. The predicted octanol–water partition coefficient (Wildman–Crippen LogP) is 3.67. The number of rotatable bonds is 5. The molecule has 0 saturated carbocycles. The van der Waals surface area contributed by atoms with E-state index in [0.717, 1.165) is 19.5 Å². The van der Waals surface area contributed by atoms with Crippen LogP contribution in [0, 0.1) is 6.92 Å². The van der Waals surface area contributed by atoms with Crippen molar-refractivity contribution in [3.63, 3.8) is 0 Å². The number of likely N-dealkylation sites (N-methyl/N-ethyl adjacent to an activating group) is 1. The highest BCUT2D eigenvalue weighted by molar-refractivity contribution is 5.88. The summed E-state index contributed by atoms with van der Waals surface area (Å²) < 4.78 is 5.01. The monoisotopic (exact) mass is 342 g/mol. The minimum absolute atomic E-state index is 0.116. The molecule has 6 heteroatoms. The number of benzene rings is 1. The van der Waals surface area contributed by atoms with Gasteiger partial charge in [0.15, 0.2) is 5.82 Å². The van der Waals surface area contributed by atoms with E-state index in [1.54, 1.807) is 13.0 Å². The molecule has 1 N–H and O–H groups in total. The second-order valence-electron chi connectivity index (χ2n) is 6.56. The lowest BCUT2D eigenvalue weighted by Crippen LogP contribution is -2.44. The lowest BCUT2D eigenvalue weighted by Gasteiger charge is -2.29. The zero-order chi connectivity index (χ0) is 17.8. The Labute approximate surface area is 148 Å². The molecule has 6 nitrogen and oxygen atoms in total. The number of hydrogen-bond acceptors (Lipinski definition) is 4. The summed E-state index contributed by atoms with van der Waals surface area (Å²) in [7, 11) is 0. The second kappa shape index (κ2) is 7.70. The normalized spacial score (nSPS) is 18.9. The first kappa shape index (κ1) is 17.5. The van der Waals surface area contributed by atoms with E-state index in [1.807, 2.05) is 17.9 Å². The van der Waals surface area contributed by atoms with E-state index in [2.05, 4.69) is 46.6 Å². The van der Waals surface area contributed by atoms with Crippen molar-refractivity contribution in [2.75, 3.05) is 25.0 Å². The fourth-order valence-corrected chi connectivity index (χ4v) is 3.49. The molecule has 1 aliphatic heterocycles. The highest BCUT2D eigenvalue weighted by Gasteiger charge is 2.32. The number of carbonyl (C=O) groups is 1. The number of urea groups is 1. The molecule has 2 atom stereocenters. The Bertz CT molecular complexity index is 700. The van der Waals surface area contributed by atoms with Gasteiger partial charge in [0.05, 0.1) is 0 Å². The van der Waals surface area contributed by atoms with Crippen molar-refractivity contribution in [3.8, 4) is 0 Å². The maximum atomic E-state index is 12.6. The summed E-state index contributed by atoms with van der Waals surface area (Å²) in [5, 5.41) is 6.67. The first-order chi connectivity index (χ1) is 12.1. The van der Waals surface area contributed by atoms with Crippen LogP contribution in [0.1, 0.15) is 37.6 Å². The van der Waals surface area contributed by atoms with Gasteiger partial charge in [0.2, 0.25) is 0 Å². The fourth-order valence-electron chi connectivity index (χ4n) is 3.49. The molecule has 0 spiro atoms. The van der Waals surface area contributed by atoms with Crippen LogP contribution in [0.2, 0.25) is 0 Å². The molecular weight excluding hydrogens is 316 g/mol. The van der Waals surface area contributed by atoms with Crippen molar-refractivity contribution in [2.45, 2.75) is 39.3 Å². The van der Waals surface area contributed by atoms with Gasteiger partial charge >= 0.3 is 6.03 Å². The van der Waals surface area contributed by atoms with Crippen molar-refractivity contribution in [3.05, 3.63) is 47.7 Å². The topological polar surface area (TPSA) is 61.6 Å². The Morgan fingerprint density at radius 2 is 2.20 bits per heavy atom. The third kappa shape index (κ3) is 4.02. The van der Waals surface area contributed by atoms with E-state index in [4.69, 9.17) is 4.52 Å². The van der Waals surface area contributed by atoms with Gasteiger partial charge in [-0.3, -0.25) is 10.2 Å². The average Bonchev–Trinajstić information content (AvgIpc) is 3.25. The minimum Gasteiger partial charge on any atom is -0.360 e. The quantitative estimate of drug-likeness (QED) is 0.900. The minimum atomic E-state index is -0.116. The van der Waals surface area contributed by atoms with Gasteiger partial charge in [-0.15, -0.1) is 0 Å². The van der Waals surface area contributed by atoms with Gasteiger partial charge in [-0.05, 0) is 32.8 Å². The largest absolute Gasteiger partial charge is 0.360 e. The maximum Gasteiger partial charge on any atom is 0.323 e. The van der Waals surface area contributed by atoms with E-state index < -0.39 is 0 Å². The molecular formula is C19H26N4O2. The van der Waals surface area contributed by atoms with Crippen LogP contribution < -0.4 is 5.32 Å². The van der Waals surface area contributed by atoms with Crippen molar-refractivity contribution >= 4 is 11.8 Å². The summed E-state index contributed by atoms with van der Waals surface area (Å²) in [6.45, 7) is 8.59. The third-order valence-corrected chi connectivity index (χ3v) is 4.93. The molecule has 0 unspecified atom stereocenters. The van der Waals surface area contributed by atoms with Crippen LogP contribution in [0.4, 0.5) is 10.6 Å². The molecule has 0 aliphatic carbocycles. The van der Waals surface area contributed by atoms with Crippen LogP contribution in [-0.4, -0.2) is 46.7 Å². The number of amides is 2. The first-order valence-corrected chi connectivity index (χ1v) is 8.88. The Morgan fingerprint density at radius 1 is 1.44 bits per heavy atom. The van der Waals surface area contributed by atoms with Crippen LogP contribution in [0.5, 0.6) is 0 Å². The van der Waals surface area contributed by atoms with E-state index >= 15 is 0 Å². The number of aromatic nitrogens is 1. The highest BCUT2D eigenvalue weighted by atomic mass is 16.5. The van der Waals surface area contributed by atoms with Crippen LogP contribution in [0.25, 0.3) is 0 Å². The van der Waals surface area contributed by atoms with Crippen molar-refractivity contribution in [1.29, 1.82) is 0 Å². The van der Waals surface area contributed by atoms with E-state index in [9.17, 15) is 4.79 Å². The van der Waals surface area contributed by atoms with Gasteiger partial charge in [0.1, 0.15) is 5.76 Å². The van der Waals surface area contributed by atoms with Crippen molar-refractivity contribution in [1.82, 2.24) is 15.0 Å². The van der Waals surface area contributed by atoms with Crippen LogP contribution in [0.3, 0.4) is 0 Å². The van der Waals surface area contributed by atoms with Gasteiger partial charge < -0.3 is 9.42 Å². The maximum absolute atomic E-state index is 12.6. The molecule has 3 rings (SSSR count). The van der Waals surface area contributed by atoms with Gasteiger partial charge in [-0.25, -0.2) is 4.79 Å². The molecule has 2 amide bonds. The predicted molar refractivity (Wildman–Crippen MR) is 97.5 cm³/mol. The van der Waals surface area contributed by atoms with Gasteiger partial charge in [0, 0.05) is 37.8 Å². The molecule has 1 saturated heterocycles. The summed E-state index contributed by atoms with van der Waals surface area (Å²) in [5.41, 5.74) is 1.31. The summed E-state index contributed by atoms with van der Waals surface area (Å²) in [4.78, 5) is 16.9. The molecule has 0 bridgehead atoms. The smallest absolute Gasteiger partial charge is 0.323 e. The Morgan fingerprint density at radius 3 is 2.84 bits per heavy atom. The molecule has 1 aromatic heterocycles. The molecule has 1 aliphatic rings. The lowest BCUT2D eigenvalue weighted by molar-refractivity contribution is 0.183. The van der Waals surface area contributed by atoms with Crippen LogP contribution in [0.15, 0.2) is 40.9 Å². The summed E-state index contributed by atoms with van der Waals surface area (Å²) in [5.74, 6) is 1.15. The van der Waals surface area contributed by atoms with E-state index in [1.165, 1.54) is 5.56 Å². The fraction of sp³-hybridized carbons (Fsp3) is 0.474. The molecule has 1 aromatic carbocycles. The molecule has 0 radical (unpaired) electrons. The number of aryl methyl sites for hydroxylation is 1. The Balaban J connectivity index is 1.61. The highest BCUT2D eigenvalue weighted by Crippen LogP contribution is 2.26. The number of hydrogen-bond donors (Lipinski definition) is 1. The van der Waals surface area contributed by atoms with Crippen molar-refractivity contribution < 1.29 is 9.32 Å². The van der Waals surface area contributed by atoms with E-state index in [0.29, 0.717) is 24.2 Å². The SMILES string of the molecule is CCN(C(=O)Nc1cc(C)on1)[C@H]1CCN([C@H](C)c2ccccc2)C1. The number of nitrogens with one attached hydrogen (secondary N) is 1.